The molecule has 5 rings (SSSR count). The molecule has 0 radical (unpaired) electrons. The van der Waals surface area contributed by atoms with Crippen LogP contribution in [-0.4, -0.2) is 96.0 Å². The minimum atomic E-state index is -3.11. The molecule has 5 unspecified atom stereocenters. The minimum Gasteiger partial charge on any atom is -0.462 e. The summed E-state index contributed by atoms with van der Waals surface area (Å²) in [4.78, 5) is 4.48. The number of rotatable bonds is 6. The Kier molecular flexibility index (Phi) is 9.33. The number of nitrogens with one attached hydrogen (secondary N) is 1. The molecule has 0 saturated carbocycles. The van der Waals surface area contributed by atoms with Crippen LogP contribution >= 0.6 is 0 Å². The van der Waals surface area contributed by atoms with Crippen molar-refractivity contribution < 1.29 is 42.5 Å². The van der Waals surface area contributed by atoms with Crippen molar-refractivity contribution in [2.45, 2.75) is 37.6 Å². The van der Waals surface area contributed by atoms with E-state index in [0.29, 0.717) is 28.0 Å². The summed E-state index contributed by atoms with van der Waals surface area (Å²) >= 11 is 0. The summed E-state index contributed by atoms with van der Waals surface area (Å²) < 4.78 is 39.3. The maximum absolute atomic E-state index is 10.1. The van der Waals surface area contributed by atoms with Gasteiger partial charge in [0.05, 0.1) is 29.6 Å². The topological polar surface area (TPSA) is 222 Å². The molecular formula is C25H26N6O9S. The van der Waals surface area contributed by atoms with Crippen molar-refractivity contribution in [3.05, 3.63) is 77.7 Å². The normalized spacial score (nSPS) is 22.3. The quantitative estimate of drug-likeness (QED) is 0.174. The molecule has 2 aromatic carbocycles. The number of aliphatic hydroxyl groups is 4. The zero-order valence-corrected chi connectivity index (χ0v) is 22.2. The van der Waals surface area contributed by atoms with Crippen LogP contribution in [0.1, 0.15) is 11.3 Å². The predicted octanol–water partition coefficient (Wildman–Crippen LogP) is -0.933. The average Bonchev–Trinajstić information content (AvgIpc) is 3.30. The van der Waals surface area contributed by atoms with Crippen LogP contribution in [0.2, 0.25) is 0 Å². The molecule has 41 heavy (non-hydrogen) atoms. The van der Waals surface area contributed by atoms with Crippen LogP contribution in [0, 0.1) is 12.3 Å². The van der Waals surface area contributed by atoms with Crippen molar-refractivity contribution in [3.8, 4) is 11.4 Å². The second kappa shape index (κ2) is 12.9. The fraction of sp³-hybridized carbons (Fsp3) is 0.280. The lowest BCUT2D eigenvalue weighted by Gasteiger charge is -2.39. The predicted molar refractivity (Wildman–Crippen MR) is 141 cm³/mol. The van der Waals surface area contributed by atoms with Gasteiger partial charge in [-0.1, -0.05) is 18.2 Å². The first kappa shape index (κ1) is 29.7. The van der Waals surface area contributed by atoms with E-state index in [1.165, 1.54) is 11.0 Å². The molecule has 5 N–H and O–H groups in total. The molecule has 1 aliphatic rings. The molecule has 0 bridgehead atoms. The lowest BCUT2D eigenvalue weighted by molar-refractivity contribution is -0.277. The minimum absolute atomic E-state index is 0.142. The van der Waals surface area contributed by atoms with Gasteiger partial charge in [-0.3, -0.25) is 5.41 Å². The molecule has 1 aliphatic heterocycles. The van der Waals surface area contributed by atoms with Gasteiger partial charge in [0.2, 0.25) is 6.29 Å². The molecule has 0 spiro atoms. The fourth-order valence-corrected chi connectivity index (χ4v) is 4.09. The Morgan fingerprint density at radius 1 is 1.05 bits per heavy atom. The van der Waals surface area contributed by atoms with Gasteiger partial charge >= 0.3 is 10.6 Å². The van der Waals surface area contributed by atoms with E-state index in [1.54, 1.807) is 35.2 Å². The van der Waals surface area contributed by atoms with Gasteiger partial charge in [0.15, 0.2) is 11.1 Å². The standard InChI is InChI=1S/C25H26N6O6.O3S/c1-14-19-23(26)30(13-27-24(19)31(29-14)16-5-3-2-4-6-16)28-11-15-7-9-17(10-8-15)36-25-22(35)21(34)20(33)18(12-32)37-25;1-4(2)3/h2-11,13,18,20-22,25-26,32-35H,12H2,1H3;/b26-23?,28-11-;. The Morgan fingerprint density at radius 3 is 2.34 bits per heavy atom. The van der Waals surface area contributed by atoms with Gasteiger partial charge in [0.1, 0.15) is 36.5 Å². The summed E-state index contributed by atoms with van der Waals surface area (Å²) in [5.74, 6) is 0.336. The first-order chi connectivity index (χ1) is 19.6. The molecule has 0 amide bonds. The van der Waals surface area contributed by atoms with E-state index in [1.807, 2.05) is 37.3 Å². The molecule has 15 nitrogen and oxygen atoms in total. The van der Waals surface area contributed by atoms with Crippen LogP contribution < -0.4 is 10.2 Å². The average molecular weight is 587 g/mol. The van der Waals surface area contributed by atoms with E-state index >= 15 is 0 Å². The molecule has 216 valence electrons. The smallest absolute Gasteiger partial charge is 0.425 e. The SMILES string of the molecule is Cc1nn(-c2ccccc2)c2ncn(/N=C\c3ccc(OC4OC(CO)C(O)C(O)C4O)cc3)c(=N)c12.O=S(=O)=O. The van der Waals surface area contributed by atoms with E-state index in [-0.39, 0.29) is 5.49 Å². The number of aryl methyl sites for hydroxylation is 1. The third-order valence-corrected chi connectivity index (χ3v) is 6.10. The van der Waals surface area contributed by atoms with Crippen molar-refractivity contribution in [1.82, 2.24) is 19.4 Å². The van der Waals surface area contributed by atoms with Crippen molar-refractivity contribution in [2.75, 3.05) is 6.61 Å². The lowest BCUT2D eigenvalue weighted by Crippen LogP contribution is -2.60. The van der Waals surface area contributed by atoms with E-state index in [2.05, 4.69) is 15.2 Å². The highest BCUT2D eigenvalue weighted by Gasteiger charge is 2.44. The first-order valence-electron chi connectivity index (χ1n) is 12.1. The summed E-state index contributed by atoms with van der Waals surface area (Å²) in [7, 11) is -3.11. The molecule has 3 heterocycles. The van der Waals surface area contributed by atoms with Gasteiger partial charge in [0.25, 0.3) is 0 Å². The number of ether oxygens (including phenoxy) is 2. The maximum Gasteiger partial charge on any atom is 0.425 e. The van der Waals surface area contributed by atoms with Crippen molar-refractivity contribution in [3.63, 3.8) is 0 Å². The number of hydrogen-bond acceptors (Lipinski definition) is 13. The van der Waals surface area contributed by atoms with Crippen molar-refractivity contribution >= 4 is 27.9 Å². The van der Waals surface area contributed by atoms with Gasteiger partial charge in [-0.05, 0) is 48.9 Å². The summed E-state index contributed by atoms with van der Waals surface area (Å²) in [5.41, 5.74) is 2.92. The highest BCUT2D eigenvalue weighted by Crippen LogP contribution is 2.24. The molecule has 5 atom stereocenters. The zero-order valence-electron chi connectivity index (χ0n) is 21.4. The number of fused-ring (bicyclic) bond motifs is 1. The van der Waals surface area contributed by atoms with Crippen LogP contribution in [0.25, 0.3) is 16.7 Å². The van der Waals surface area contributed by atoms with Crippen LogP contribution in [0.15, 0.2) is 66.0 Å². The second-order valence-electron chi connectivity index (χ2n) is 8.80. The van der Waals surface area contributed by atoms with Gasteiger partial charge in [0, 0.05) is 0 Å². The maximum atomic E-state index is 10.1. The highest BCUT2D eigenvalue weighted by molar-refractivity contribution is 7.59. The lowest BCUT2D eigenvalue weighted by atomic mass is 9.99. The van der Waals surface area contributed by atoms with E-state index < -0.39 is 47.9 Å². The number of para-hydroxylation sites is 1. The molecule has 1 fully saturated rings. The Balaban J connectivity index is 0.000000909. The second-order valence-corrected chi connectivity index (χ2v) is 9.21. The summed E-state index contributed by atoms with van der Waals surface area (Å²) in [5, 5.41) is 57.4. The number of aliphatic hydroxyl groups excluding tert-OH is 4. The van der Waals surface area contributed by atoms with E-state index in [4.69, 9.17) is 27.5 Å². The third kappa shape index (κ3) is 6.71. The molecular weight excluding hydrogens is 560 g/mol. The van der Waals surface area contributed by atoms with Crippen LogP contribution in [0.5, 0.6) is 5.75 Å². The van der Waals surface area contributed by atoms with E-state index in [0.717, 1.165) is 5.69 Å². The van der Waals surface area contributed by atoms with Crippen LogP contribution in [0.4, 0.5) is 0 Å². The Labute approximate surface area is 233 Å². The van der Waals surface area contributed by atoms with Gasteiger partial charge < -0.3 is 29.9 Å². The molecule has 16 heteroatoms. The Morgan fingerprint density at radius 2 is 1.71 bits per heavy atom. The van der Waals surface area contributed by atoms with Crippen molar-refractivity contribution in [2.24, 2.45) is 5.10 Å². The molecule has 1 saturated heterocycles. The van der Waals surface area contributed by atoms with Gasteiger partial charge in [-0.15, -0.1) is 12.6 Å². The van der Waals surface area contributed by atoms with E-state index in [9.17, 15) is 20.4 Å². The molecule has 2 aromatic heterocycles. The molecule has 0 aliphatic carbocycles. The summed E-state index contributed by atoms with van der Waals surface area (Å²) in [6, 6.07) is 16.2. The zero-order chi connectivity index (χ0) is 29.7. The number of benzene rings is 2. The van der Waals surface area contributed by atoms with Gasteiger partial charge in [-0.2, -0.15) is 10.2 Å². The highest BCUT2D eigenvalue weighted by atomic mass is 32.2. The van der Waals surface area contributed by atoms with Crippen molar-refractivity contribution in [1.29, 1.82) is 5.41 Å². The van der Waals surface area contributed by atoms with Gasteiger partial charge in [-0.25, -0.2) is 14.3 Å². The monoisotopic (exact) mass is 586 g/mol. The number of hydrogen-bond donors (Lipinski definition) is 5. The van der Waals surface area contributed by atoms with Crippen LogP contribution in [0.3, 0.4) is 0 Å². The van der Waals surface area contributed by atoms with Crippen LogP contribution in [-0.2, 0) is 15.3 Å². The summed E-state index contributed by atoms with van der Waals surface area (Å²) in [6.45, 7) is 1.28. The summed E-state index contributed by atoms with van der Waals surface area (Å²) in [6.07, 6.45) is -3.79. The number of nitrogens with zero attached hydrogens (tertiary/aromatic N) is 5. The third-order valence-electron chi connectivity index (χ3n) is 6.10. The Bertz CT molecular complexity index is 1680. The molecule has 4 aromatic rings. The Hall–Kier alpha value is -4.32. The number of aromatic nitrogens is 4. The first-order valence-corrected chi connectivity index (χ1v) is 13.1. The fourth-order valence-electron chi connectivity index (χ4n) is 4.09. The largest absolute Gasteiger partial charge is 0.462 e.